The summed E-state index contributed by atoms with van der Waals surface area (Å²) in [4.78, 5) is 8.48. The fourth-order valence-corrected chi connectivity index (χ4v) is 3.08. The van der Waals surface area contributed by atoms with Gasteiger partial charge >= 0.3 is 0 Å². The number of nitrogen functional groups attached to an aromatic ring is 1. The summed E-state index contributed by atoms with van der Waals surface area (Å²) >= 11 is 0. The van der Waals surface area contributed by atoms with E-state index in [9.17, 15) is 0 Å². The summed E-state index contributed by atoms with van der Waals surface area (Å²) in [6.45, 7) is 4.67. The van der Waals surface area contributed by atoms with Crippen LogP contribution in [0.25, 0.3) is 11.3 Å². The third-order valence-corrected chi connectivity index (χ3v) is 4.12. The molecule has 1 saturated carbocycles. The fourth-order valence-electron chi connectivity index (χ4n) is 3.08. The van der Waals surface area contributed by atoms with E-state index >= 15 is 0 Å². The summed E-state index contributed by atoms with van der Waals surface area (Å²) in [6, 6.07) is 4.45. The maximum Gasteiger partial charge on any atom is 0.132 e. The van der Waals surface area contributed by atoms with Crippen molar-refractivity contribution in [3.05, 3.63) is 30.9 Å². The molecule has 100 valence electrons. The molecule has 1 unspecified atom stereocenters. The van der Waals surface area contributed by atoms with Crippen LogP contribution in [0.2, 0.25) is 0 Å². The predicted octanol–water partition coefficient (Wildman–Crippen LogP) is 3.28. The van der Waals surface area contributed by atoms with E-state index in [1.807, 2.05) is 24.7 Å². The zero-order valence-corrected chi connectivity index (χ0v) is 11.5. The van der Waals surface area contributed by atoms with Crippen LogP contribution in [0.3, 0.4) is 0 Å². The van der Waals surface area contributed by atoms with Crippen LogP contribution in [0.15, 0.2) is 30.9 Å². The molecule has 1 aliphatic rings. The van der Waals surface area contributed by atoms with Crippen LogP contribution in [0.5, 0.6) is 0 Å². The Morgan fingerprint density at radius 2 is 2.26 bits per heavy atom. The summed E-state index contributed by atoms with van der Waals surface area (Å²) in [5.74, 6) is 0.571. The highest BCUT2D eigenvalue weighted by Gasteiger charge is 2.32. The first-order valence-electron chi connectivity index (χ1n) is 6.79. The van der Waals surface area contributed by atoms with Crippen LogP contribution in [0.1, 0.15) is 39.2 Å². The van der Waals surface area contributed by atoms with Crippen molar-refractivity contribution in [1.29, 1.82) is 0 Å². The predicted molar refractivity (Wildman–Crippen MR) is 76.5 cm³/mol. The van der Waals surface area contributed by atoms with Gasteiger partial charge in [0.05, 0.1) is 18.2 Å². The van der Waals surface area contributed by atoms with Crippen molar-refractivity contribution in [1.82, 2.24) is 14.5 Å². The lowest BCUT2D eigenvalue weighted by Crippen LogP contribution is -2.10. The van der Waals surface area contributed by atoms with Gasteiger partial charge in [0, 0.05) is 17.8 Å². The largest absolute Gasteiger partial charge is 0.383 e. The lowest BCUT2D eigenvalue weighted by molar-refractivity contribution is 0.359. The number of anilines is 1. The molecular weight excluding hydrogens is 236 g/mol. The Morgan fingerprint density at radius 3 is 2.95 bits per heavy atom. The highest BCUT2D eigenvalue weighted by Crippen LogP contribution is 2.44. The molecule has 2 N–H and O–H groups in total. The first kappa shape index (κ1) is 12.2. The molecule has 2 aromatic rings. The van der Waals surface area contributed by atoms with E-state index in [4.69, 9.17) is 5.73 Å². The van der Waals surface area contributed by atoms with E-state index in [1.165, 1.54) is 19.3 Å². The van der Waals surface area contributed by atoms with Crippen LogP contribution in [0.4, 0.5) is 5.82 Å². The highest BCUT2D eigenvalue weighted by atomic mass is 15.1. The number of imidazole rings is 1. The van der Waals surface area contributed by atoms with E-state index in [0.717, 1.165) is 11.3 Å². The Balaban J connectivity index is 1.98. The average Bonchev–Trinajstić information content (AvgIpc) is 2.96. The van der Waals surface area contributed by atoms with Gasteiger partial charge in [0.25, 0.3) is 0 Å². The number of nitrogens with zero attached hydrogens (tertiary/aromatic N) is 3. The fraction of sp³-hybridized carbons (Fsp3) is 0.467. The quantitative estimate of drug-likeness (QED) is 0.897. The minimum atomic E-state index is 0.423. The minimum absolute atomic E-state index is 0.423. The number of pyridine rings is 1. The molecule has 0 radical (unpaired) electrons. The second-order valence-corrected chi connectivity index (χ2v) is 6.18. The highest BCUT2D eigenvalue weighted by molar-refractivity contribution is 5.70. The first-order chi connectivity index (χ1) is 9.07. The topological polar surface area (TPSA) is 56.7 Å². The molecule has 4 nitrogen and oxygen atoms in total. The summed E-state index contributed by atoms with van der Waals surface area (Å²) in [5, 5.41) is 0. The van der Waals surface area contributed by atoms with Crippen molar-refractivity contribution < 1.29 is 0 Å². The van der Waals surface area contributed by atoms with Crippen molar-refractivity contribution in [3.8, 4) is 11.3 Å². The van der Waals surface area contributed by atoms with Gasteiger partial charge in [-0.05, 0) is 36.8 Å². The van der Waals surface area contributed by atoms with Crippen molar-refractivity contribution >= 4 is 5.82 Å². The summed E-state index contributed by atoms with van der Waals surface area (Å²) in [6.07, 6.45) is 9.19. The Kier molecular flexibility index (Phi) is 2.81. The summed E-state index contributed by atoms with van der Waals surface area (Å²) in [7, 11) is 0. The molecule has 1 aliphatic carbocycles. The summed E-state index contributed by atoms with van der Waals surface area (Å²) < 4.78 is 2.27. The molecule has 0 amide bonds. The number of hydrogen-bond donors (Lipinski definition) is 1. The third-order valence-electron chi connectivity index (χ3n) is 4.12. The van der Waals surface area contributed by atoms with Gasteiger partial charge in [-0.1, -0.05) is 13.8 Å². The minimum Gasteiger partial charge on any atom is -0.383 e. The molecule has 1 fully saturated rings. The molecule has 3 rings (SSSR count). The van der Waals surface area contributed by atoms with Crippen LogP contribution < -0.4 is 5.73 Å². The molecule has 1 atom stereocenters. The Labute approximate surface area is 113 Å². The molecule has 0 spiro atoms. The lowest BCUT2D eigenvalue weighted by atomic mass is 9.92. The van der Waals surface area contributed by atoms with Gasteiger partial charge in [-0.2, -0.15) is 0 Å². The molecular formula is C15H20N4. The second-order valence-electron chi connectivity index (χ2n) is 6.18. The maximum atomic E-state index is 5.98. The smallest absolute Gasteiger partial charge is 0.132 e. The molecule has 0 aliphatic heterocycles. The van der Waals surface area contributed by atoms with Crippen LogP contribution in [-0.2, 0) is 0 Å². The van der Waals surface area contributed by atoms with Crippen molar-refractivity contribution in [2.45, 2.75) is 39.2 Å². The van der Waals surface area contributed by atoms with Gasteiger partial charge in [-0.15, -0.1) is 0 Å². The van der Waals surface area contributed by atoms with Crippen LogP contribution >= 0.6 is 0 Å². The maximum absolute atomic E-state index is 5.98. The van der Waals surface area contributed by atoms with Crippen molar-refractivity contribution in [3.63, 3.8) is 0 Å². The molecule has 2 heterocycles. The molecule has 4 heteroatoms. The third kappa shape index (κ3) is 2.23. The normalized spacial score (nSPS) is 21.7. The van der Waals surface area contributed by atoms with Crippen LogP contribution in [-0.4, -0.2) is 14.5 Å². The Hall–Kier alpha value is -1.84. The number of nitrogens with two attached hydrogens (primary N) is 1. The Bertz CT molecular complexity index is 585. The number of hydrogen-bond acceptors (Lipinski definition) is 3. The molecule has 0 bridgehead atoms. The first-order valence-corrected chi connectivity index (χ1v) is 6.79. The van der Waals surface area contributed by atoms with Crippen LogP contribution in [0, 0.1) is 5.41 Å². The molecule has 19 heavy (non-hydrogen) atoms. The van der Waals surface area contributed by atoms with Gasteiger partial charge in [-0.3, -0.25) is 0 Å². The van der Waals surface area contributed by atoms with E-state index in [1.54, 1.807) is 6.20 Å². The van der Waals surface area contributed by atoms with Gasteiger partial charge in [-0.25, -0.2) is 9.97 Å². The van der Waals surface area contributed by atoms with E-state index in [-0.39, 0.29) is 0 Å². The number of rotatable bonds is 2. The van der Waals surface area contributed by atoms with Crippen molar-refractivity contribution in [2.75, 3.05) is 5.73 Å². The number of aromatic nitrogens is 3. The average molecular weight is 256 g/mol. The molecule has 2 aromatic heterocycles. The van der Waals surface area contributed by atoms with Gasteiger partial charge in [0.1, 0.15) is 5.82 Å². The van der Waals surface area contributed by atoms with Gasteiger partial charge < -0.3 is 10.3 Å². The standard InChI is InChI=1S/C15H20N4/c1-15(2)6-5-11(8-15)19-10-17-9-13(19)12-4-3-7-18-14(12)16/h3-4,7,9-11H,5-6,8H2,1-2H3,(H2,16,18). The molecule has 0 saturated heterocycles. The van der Waals surface area contributed by atoms with E-state index in [0.29, 0.717) is 17.3 Å². The van der Waals surface area contributed by atoms with Gasteiger partial charge in [0.15, 0.2) is 0 Å². The van der Waals surface area contributed by atoms with Gasteiger partial charge in [0.2, 0.25) is 0 Å². The zero-order valence-electron chi connectivity index (χ0n) is 11.5. The monoisotopic (exact) mass is 256 g/mol. The Morgan fingerprint density at radius 1 is 1.42 bits per heavy atom. The zero-order chi connectivity index (χ0) is 13.5. The van der Waals surface area contributed by atoms with Crippen molar-refractivity contribution in [2.24, 2.45) is 5.41 Å². The van der Waals surface area contributed by atoms with E-state index in [2.05, 4.69) is 28.4 Å². The SMILES string of the molecule is CC1(C)CCC(n2cncc2-c2cccnc2N)C1. The lowest BCUT2D eigenvalue weighted by Gasteiger charge is -2.19. The second kappa shape index (κ2) is 4.37. The summed E-state index contributed by atoms with van der Waals surface area (Å²) in [5.41, 5.74) is 8.46. The van der Waals surface area contributed by atoms with E-state index < -0.39 is 0 Å². The molecule has 0 aromatic carbocycles.